The van der Waals surface area contributed by atoms with E-state index < -0.39 is 23.3 Å². The highest BCUT2D eigenvalue weighted by Gasteiger charge is 2.48. The van der Waals surface area contributed by atoms with E-state index in [9.17, 15) is 14.4 Å². The van der Waals surface area contributed by atoms with E-state index in [-0.39, 0.29) is 26.1 Å². The van der Waals surface area contributed by atoms with Gasteiger partial charge in [0.2, 0.25) is 0 Å². The summed E-state index contributed by atoms with van der Waals surface area (Å²) in [6.45, 7) is 7.61. The number of rotatable bonds is 11. The fourth-order valence-corrected chi connectivity index (χ4v) is 2.62. The van der Waals surface area contributed by atoms with E-state index in [1.807, 2.05) is 6.08 Å². The number of carbonyl (C=O) groups is 3. The summed E-state index contributed by atoms with van der Waals surface area (Å²) in [5.74, 6) is -1.60. The number of allylic oxidation sites excluding steroid dienone is 5. The molecular formula is C21H30O6. The number of carbonyl (C=O) groups excluding carboxylic acids is 3. The predicted octanol–water partition coefficient (Wildman–Crippen LogP) is 3.67. The van der Waals surface area contributed by atoms with E-state index >= 15 is 0 Å². The van der Waals surface area contributed by atoms with Crippen LogP contribution in [0, 0.1) is 5.41 Å². The van der Waals surface area contributed by atoms with Crippen LogP contribution in [0.3, 0.4) is 0 Å². The minimum Gasteiger partial charge on any atom is -0.465 e. The van der Waals surface area contributed by atoms with Gasteiger partial charge in [0.1, 0.15) is 0 Å². The van der Waals surface area contributed by atoms with Crippen LogP contribution in [0.1, 0.15) is 53.4 Å². The maximum absolute atomic E-state index is 12.7. The fourth-order valence-electron chi connectivity index (χ4n) is 2.62. The zero-order valence-corrected chi connectivity index (χ0v) is 16.7. The standard InChI is InChI=1S/C21H30O6/c1-5-25-18(22)10-8-9-16(4)15-21(19(23)26-6-2,20(24)27-7-3)14-13-17-11-12-17/h8-10,13H,5-7,11-12,14-15H2,1-4H3/b10-8+,16-9+. The van der Waals surface area contributed by atoms with Crippen molar-refractivity contribution >= 4 is 17.9 Å². The van der Waals surface area contributed by atoms with Crippen LogP contribution in [0.5, 0.6) is 0 Å². The van der Waals surface area contributed by atoms with Crippen LogP contribution < -0.4 is 0 Å². The van der Waals surface area contributed by atoms with Crippen molar-refractivity contribution < 1.29 is 28.6 Å². The Morgan fingerprint density at radius 1 is 0.963 bits per heavy atom. The van der Waals surface area contributed by atoms with Gasteiger partial charge in [0, 0.05) is 6.08 Å². The molecule has 27 heavy (non-hydrogen) atoms. The van der Waals surface area contributed by atoms with Gasteiger partial charge in [-0.2, -0.15) is 0 Å². The summed E-state index contributed by atoms with van der Waals surface area (Å²) in [5.41, 5.74) is 0.572. The Kier molecular flexibility index (Phi) is 9.54. The van der Waals surface area contributed by atoms with Gasteiger partial charge in [-0.15, -0.1) is 0 Å². The fraction of sp³-hybridized carbons (Fsp3) is 0.571. The average molecular weight is 378 g/mol. The lowest BCUT2D eigenvalue weighted by atomic mass is 9.78. The van der Waals surface area contributed by atoms with E-state index in [1.54, 1.807) is 39.8 Å². The van der Waals surface area contributed by atoms with Crippen LogP contribution in [0.4, 0.5) is 0 Å². The van der Waals surface area contributed by atoms with Gasteiger partial charge < -0.3 is 14.2 Å². The molecule has 0 aliphatic heterocycles. The molecule has 0 saturated heterocycles. The van der Waals surface area contributed by atoms with Crippen molar-refractivity contribution in [2.45, 2.75) is 53.4 Å². The van der Waals surface area contributed by atoms with Crippen molar-refractivity contribution in [3.8, 4) is 0 Å². The second-order valence-corrected chi connectivity index (χ2v) is 6.39. The molecule has 0 amide bonds. The maximum Gasteiger partial charge on any atom is 0.330 e. The minimum absolute atomic E-state index is 0.154. The molecule has 0 unspecified atom stereocenters. The summed E-state index contributed by atoms with van der Waals surface area (Å²) >= 11 is 0. The normalized spacial score (nSPS) is 14.1. The molecule has 0 aromatic carbocycles. The summed E-state index contributed by atoms with van der Waals surface area (Å²) in [6.07, 6.45) is 8.87. The first-order valence-corrected chi connectivity index (χ1v) is 9.42. The predicted molar refractivity (Wildman–Crippen MR) is 102 cm³/mol. The molecular weight excluding hydrogens is 348 g/mol. The molecule has 0 aromatic rings. The monoisotopic (exact) mass is 378 g/mol. The third-order valence-electron chi connectivity index (χ3n) is 4.09. The van der Waals surface area contributed by atoms with Crippen LogP contribution in [0.2, 0.25) is 0 Å². The molecule has 0 radical (unpaired) electrons. The van der Waals surface area contributed by atoms with E-state index in [4.69, 9.17) is 14.2 Å². The van der Waals surface area contributed by atoms with Crippen LogP contribution in [-0.2, 0) is 28.6 Å². The molecule has 6 nitrogen and oxygen atoms in total. The van der Waals surface area contributed by atoms with Crippen molar-refractivity contribution in [1.29, 1.82) is 0 Å². The van der Waals surface area contributed by atoms with E-state index in [0.29, 0.717) is 6.61 Å². The van der Waals surface area contributed by atoms with Crippen LogP contribution in [0.15, 0.2) is 35.5 Å². The highest BCUT2D eigenvalue weighted by Crippen LogP contribution is 2.38. The first-order valence-electron chi connectivity index (χ1n) is 9.42. The lowest BCUT2D eigenvalue weighted by molar-refractivity contribution is -0.172. The maximum atomic E-state index is 12.7. The van der Waals surface area contributed by atoms with Crippen LogP contribution in [-0.4, -0.2) is 37.7 Å². The van der Waals surface area contributed by atoms with Gasteiger partial charge in [-0.3, -0.25) is 9.59 Å². The molecule has 1 aliphatic carbocycles. The van der Waals surface area contributed by atoms with Gasteiger partial charge in [0.05, 0.1) is 19.8 Å². The van der Waals surface area contributed by atoms with Crippen molar-refractivity contribution in [3.63, 3.8) is 0 Å². The van der Waals surface area contributed by atoms with Gasteiger partial charge >= 0.3 is 17.9 Å². The smallest absolute Gasteiger partial charge is 0.330 e. The quantitative estimate of drug-likeness (QED) is 0.136. The molecule has 1 aliphatic rings. The molecule has 150 valence electrons. The van der Waals surface area contributed by atoms with Gasteiger partial charge in [-0.1, -0.05) is 29.4 Å². The molecule has 0 spiro atoms. The lowest BCUT2D eigenvalue weighted by Crippen LogP contribution is -2.42. The van der Waals surface area contributed by atoms with Crippen molar-refractivity contribution in [2.24, 2.45) is 5.41 Å². The minimum atomic E-state index is -1.42. The molecule has 0 aromatic heterocycles. The number of hydrogen-bond acceptors (Lipinski definition) is 6. The lowest BCUT2D eigenvalue weighted by Gasteiger charge is -2.28. The van der Waals surface area contributed by atoms with Crippen molar-refractivity contribution in [3.05, 3.63) is 35.5 Å². The summed E-state index contributed by atoms with van der Waals surface area (Å²) < 4.78 is 15.3. The largest absolute Gasteiger partial charge is 0.465 e. The third-order valence-corrected chi connectivity index (χ3v) is 4.09. The van der Waals surface area contributed by atoms with Crippen molar-refractivity contribution in [2.75, 3.05) is 19.8 Å². The van der Waals surface area contributed by atoms with E-state index in [0.717, 1.165) is 18.4 Å². The Morgan fingerprint density at radius 2 is 1.52 bits per heavy atom. The Labute approximate surface area is 161 Å². The molecule has 1 fully saturated rings. The van der Waals surface area contributed by atoms with Gasteiger partial charge in [-0.05, 0) is 53.4 Å². The first-order chi connectivity index (χ1) is 12.9. The zero-order chi connectivity index (χ0) is 20.3. The van der Waals surface area contributed by atoms with E-state index in [2.05, 4.69) is 0 Å². The summed E-state index contributed by atoms with van der Waals surface area (Å²) in [5, 5.41) is 0. The molecule has 1 saturated carbocycles. The van der Waals surface area contributed by atoms with Crippen LogP contribution in [0.25, 0.3) is 0 Å². The molecule has 0 heterocycles. The molecule has 0 bridgehead atoms. The highest BCUT2D eigenvalue weighted by atomic mass is 16.6. The van der Waals surface area contributed by atoms with Crippen molar-refractivity contribution in [1.82, 2.24) is 0 Å². The van der Waals surface area contributed by atoms with Gasteiger partial charge in [0.25, 0.3) is 0 Å². The molecule has 1 rings (SSSR count). The SMILES string of the molecule is CCOC(=O)/C=C/C=C(\C)CC(CC=C1CC1)(C(=O)OCC)C(=O)OCC. The summed E-state index contributed by atoms with van der Waals surface area (Å²) in [4.78, 5) is 36.9. The molecule has 0 atom stereocenters. The number of ether oxygens (including phenoxy) is 3. The Hall–Kier alpha value is -2.37. The first kappa shape index (κ1) is 22.7. The number of hydrogen-bond donors (Lipinski definition) is 0. The zero-order valence-electron chi connectivity index (χ0n) is 16.7. The molecule has 0 N–H and O–H groups in total. The Bertz CT molecular complexity index is 603. The third kappa shape index (κ3) is 7.41. The second kappa shape index (κ2) is 11.4. The summed E-state index contributed by atoms with van der Waals surface area (Å²) in [7, 11) is 0. The van der Waals surface area contributed by atoms with E-state index in [1.165, 1.54) is 11.6 Å². The van der Waals surface area contributed by atoms with Gasteiger partial charge in [0.15, 0.2) is 5.41 Å². The Morgan fingerprint density at radius 3 is 2.00 bits per heavy atom. The Balaban J connectivity index is 3.08. The van der Waals surface area contributed by atoms with Gasteiger partial charge in [-0.25, -0.2) is 4.79 Å². The number of esters is 3. The summed E-state index contributed by atoms with van der Waals surface area (Å²) in [6, 6.07) is 0. The second-order valence-electron chi connectivity index (χ2n) is 6.39. The molecule has 6 heteroatoms. The van der Waals surface area contributed by atoms with Crippen LogP contribution >= 0.6 is 0 Å². The average Bonchev–Trinajstić information content (AvgIpc) is 3.43. The topological polar surface area (TPSA) is 78.9 Å². The highest BCUT2D eigenvalue weighted by molar-refractivity contribution is 6.00.